The van der Waals surface area contributed by atoms with E-state index in [1.165, 1.54) is 6.07 Å². The van der Waals surface area contributed by atoms with Crippen molar-refractivity contribution in [3.63, 3.8) is 0 Å². The Morgan fingerprint density at radius 3 is 2.74 bits per heavy atom. The Morgan fingerprint density at radius 1 is 1.26 bits per heavy atom. The van der Waals surface area contributed by atoms with Crippen LogP contribution in [0.15, 0.2) is 36.9 Å². The van der Waals surface area contributed by atoms with E-state index in [1.54, 1.807) is 18.6 Å². The topological polar surface area (TPSA) is 47.1 Å². The molecule has 124 valence electrons. The molecule has 0 amide bonds. The number of halogens is 3. The van der Waals surface area contributed by atoms with E-state index in [1.807, 2.05) is 15.7 Å². The highest BCUT2D eigenvalue weighted by molar-refractivity contribution is 5.42. The molecule has 1 atom stereocenters. The van der Waals surface area contributed by atoms with Gasteiger partial charge in [0.15, 0.2) is 0 Å². The number of alkyl halides is 3. The molecule has 1 unspecified atom stereocenters. The van der Waals surface area contributed by atoms with Gasteiger partial charge in [0.05, 0.1) is 11.9 Å². The maximum atomic E-state index is 13.2. The van der Waals surface area contributed by atoms with Crippen LogP contribution in [0.2, 0.25) is 0 Å². The van der Waals surface area contributed by atoms with E-state index in [4.69, 9.17) is 5.73 Å². The Kier molecular flexibility index (Phi) is 4.41. The minimum Gasteiger partial charge on any atom is -0.337 e. The first-order valence-electron chi connectivity index (χ1n) is 7.59. The molecule has 7 heteroatoms. The molecule has 0 spiro atoms. The van der Waals surface area contributed by atoms with E-state index >= 15 is 0 Å². The molecule has 0 fully saturated rings. The van der Waals surface area contributed by atoms with Gasteiger partial charge in [0.1, 0.15) is 0 Å². The third-order valence-corrected chi connectivity index (χ3v) is 4.32. The summed E-state index contributed by atoms with van der Waals surface area (Å²) in [6.07, 6.45) is 1.84. The first kappa shape index (κ1) is 16.0. The molecule has 2 aromatic rings. The van der Waals surface area contributed by atoms with E-state index in [2.05, 4.69) is 4.98 Å². The fraction of sp³-hybridized carbons (Fsp3) is 0.438. The van der Waals surface area contributed by atoms with Gasteiger partial charge < -0.3 is 10.3 Å². The number of imidazole rings is 1. The number of hydrogen-bond acceptors (Lipinski definition) is 3. The van der Waals surface area contributed by atoms with Gasteiger partial charge in [-0.15, -0.1) is 0 Å². The highest BCUT2D eigenvalue weighted by Gasteiger charge is 2.39. The average molecular weight is 324 g/mol. The fourth-order valence-corrected chi connectivity index (χ4v) is 3.26. The lowest BCUT2D eigenvalue weighted by molar-refractivity contribution is -0.138. The molecule has 1 aromatic heterocycles. The third kappa shape index (κ3) is 3.25. The number of nitrogens with zero attached hydrogens (tertiary/aromatic N) is 3. The summed E-state index contributed by atoms with van der Waals surface area (Å²) >= 11 is 0. The Labute approximate surface area is 132 Å². The summed E-state index contributed by atoms with van der Waals surface area (Å²) in [7, 11) is 0. The van der Waals surface area contributed by atoms with Gasteiger partial charge in [-0.2, -0.15) is 13.2 Å². The molecule has 1 aliphatic heterocycles. The minimum absolute atomic E-state index is 0.143. The Bertz CT molecular complexity index is 652. The Balaban J connectivity index is 1.74. The molecule has 0 aliphatic carbocycles. The van der Waals surface area contributed by atoms with Gasteiger partial charge in [0.25, 0.3) is 0 Å². The summed E-state index contributed by atoms with van der Waals surface area (Å²) in [5, 5.41) is 0. The van der Waals surface area contributed by atoms with Crippen LogP contribution in [0.1, 0.15) is 29.2 Å². The van der Waals surface area contributed by atoms with Crippen LogP contribution in [0.25, 0.3) is 0 Å². The molecule has 0 saturated heterocycles. The third-order valence-electron chi connectivity index (χ3n) is 4.32. The zero-order valence-electron chi connectivity index (χ0n) is 12.6. The Morgan fingerprint density at radius 2 is 2.09 bits per heavy atom. The van der Waals surface area contributed by atoms with Crippen LogP contribution in [0.4, 0.5) is 13.2 Å². The predicted molar refractivity (Wildman–Crippen MR) is 80.5 cm³/mol. The second kappa shape index (κ2) is 6.33. The van der Waals surface area contributed by atoms with E-state index in [0.29, 0.717) is 30.8 Å². The molecular weight excluding hydrogens is 305 g/mol. The normalized spacial score (nSPS) is 18.3. The zero-order chi connectivity index (χ0) is 16.4. The summed E-state index contributed by atoms with van der Waals surface area (Å²) in [5.41, 5.74) is 6.38. The van der Waals surface area contributed by atoms with Gasteiger partial charge in [0.2, 0.25) is 0 Å². The van der Waals surface area contributed by atoms with Crippen molar-refractivity contribution in [3.05, 3.63) is 53.6 Å². The van der Waals surface area contributed by atoms with Crippen molar-refractivity contribution in [2.24, 2.45) is 5.73 Å². The number of benzene rings is 1. The van der Waals surface area contributed by atoms with Gasteiger partial charge in [-0.1, -0.05) is 12.1 Å². The number of aryl methyl sites for hydroxylation is 1. The fourth-order valence-electron chi connectivity index (χ4n) is 3.26. The molecule has 23 heavy (non-hydrogen) atoms. The molecule has 0 radical (unpaired) electrons. The molecule has 4 nitrogen and oxygen atoms in total. The van der Waals surface area contributed by atoms with Crippen molar-refractivity contribution in [2.45, 2.75) is 31.7 Å². The number of nitrogens with two attached hydrogens (primary N) is 1. The summed E-state index contributed by atoms with van der Waals surface area (Å²) in [6.45, 7) is 2.11. The first-order valence-corrected chi connectivity index (χ1v) is 7.59. The van der Waals surface area contributed by atoms with Crippen molar-refractivity contribution in [1.29, 1.82) is 0 Å². The van der Waals surface area contributed by atoms with Crippen LogP contribution in [0, 0.1) is 0 Å². The lowest BCUT2D eigenvalue weighted by Gasteiger charge is -2.23. The first-order chi connectivity index (χ1) is 11.0. The van der Waals surface area contributed by atoms with E-state index in [-0.39, 0.29) is 6.04 Å². The molecule has 0 bridgehead atoms. The minimum atomic E-state index is -4.32. The smallest absolute Gasteiger partial charge is 0.337 e. The molecule has 2 N–H and O–H groups in total. The lowest BCUT2D eigenvalue weighted by Crippen LogP contribution is -2.29. The highest BCUT2D eigenvalue weighted by atomic mass is 19.4. The van der Waals surface area contributed by atoms with Crippen molar-refractivity contribution in [2.75, 3.05) is 13.1 Å². The standard InChI is InChI=1S/C16H19F3N4/c17-16(18,19)14-4-1-3-12-13(14)10-23(15(12)9-20)7-2-6-22-8-5-21-11-22/h1,3-5,8,11,15H,2,6-7,9-10,20H2. The number of aromatic nitrogens is 2. The average Bonchev–Trinajstić information content (AvgIpc) is 3.12. The zero-order valence-corrected chi connectivity index (χ0v) is 12.6. The summed E-state index contributed by atoms with van der Waals surface area (Å²) in [4.78, 5) is 6.02. The maximum absolute atomic E-state index is 13.2. The number of fused-ring (bicyclic) bond motifs is 1. The molecule has 1 aromatic carbocycles. The monoisotopic (exact) mass is 324 g/mol. The van der Waals surface area contributed by atoms with Crippen molar-refractivity contribution in [1.82, 2.24) is 14.5 Å². The van der Waals surface area contributed by atoms with Gasteiger partial charge in [-0.05, 0) is 23.6 Å². The SMILES string of the molecule is NCC1c2cccc(C(F)(F)F)c2CN1CCCn1ccnc1. The lowest BCUT2D eigenvalue weighted by atomic mass is 9.99. The Hall–Kier alpha value is -1.86. The van der Waals surface area contributed by atoms with E-state index < -0.39 is 11.7 Å². The van der Waals surface area contributed by atoms with Gasteiger partial charge >= 0.3 is 6.18 Å². The van der Waals surface area contributed by atoms with E-state index in [0.717, 1.165) is 19.0 Å². The largest absolute Gasteiger partial charge is 0.416 e. The van der Waals surface area contributed by atoms with Crippen LogP contribution in [-0.4, -0.2) is 27.5 Å². The summed E-state index contributed by atoms with van der Waals surface area (Å²) in [5.74, 6) is 0. The number of hydrogen-bond donors (Lipinski definition) is 1. The van der Waals surface area contributed by atoms with Gasteiger partial charge in [-0.25, -0.2) is 4.98 Å². The second-order valence-corrected chi connectivity index (χ2v) is 5.75. The number of rotatable bonds is 5. The van der Waals surface area contributed by atoms with Crippen LogP contribution in [-0.2, 0) is 19.3 Å². The predicted octanol–water partition coefficient (Wildman–Crippen LogP) is 2.81. The van der Waals surface area contributed by atoms with Gasteiger partial charge in [0, 0.05) is 44.6 Å². The quantitative estimate of drug-likeness (QED) is 0.920. The molecule has 3 rings (SSSR count). The highest BCUT2D eigenvalue weighted by Crippen LogP contribution is 2.41. The molecule has 2 heterocycles. The van der Waals surface area contributed by atoms with Crippen molar-refractivity contribution in [3.8, 4) is 0 Å². The molecular formula is C16H19F3N4. The van der Waals surface area contributed by atoms with Crippen LogP contribution >= 0.6 is 0 Å². The maximum Gasteiger partial charge on any atom is 0.416 e. The molecule has 1 aliphatic rings. The van der Waals surface area contributed by atoms with Crippen LogP contribution in [0.5, 0.6) is 0 Å². The van der Waals surface area contributed by atoms with Crippen LogP contribution < -0.4 is 5.73 Å². The summed E-state index contributed by atoms with van der Waals surface area (Å²) < 4.78 is 41.5. The van der Waals surface area contributed by atoms with E-state index in [9.17, 15) is 13.2 Å². The second-order valence-electron chi connectivity index (χ2n) is 5.75. The van der Waals surface area contributed by atoms with Crippen molar-refractivity contribution >= 4 is 0 Å². The van der Waals surface area contributed by atoms with Gasteiger partial charge in [-0.3, -0.25) is 4.90 Å². The van der Waals surface area contributed by atoms with Crippen molar-refractivity contribution < 1.29 is 13.2 Å². The van der Waals surface area contributed by atoms with Crippen LogP contribution in [0.3, 0.4) is 0 Å². The molecule has 0 saturated carbocycles. The summed E-state index contributed by atoms with van der Waals surface area (Å²) in [6, 6.07) is 4.24.